The Kier molecular flexibility index (Phi) is 7.52. The first-order valence-corrected chi connectivity index (χ1v) is 9.18. The number of para-hydroxylation sites is 2. The van der Waals surface area contributed by atoms with E-state index in [1.807, 2.05) is 37.2 Å². The first kappa shape index (κ1) is 19.5. The summed E-state index contributed by atoms with van der Waals surface area (Å²) >= 11 is 0. The summed E-state index contributed by atoms with van der Waals surface area (Å²) in [6.45, 7) is 6.63. The van der Waals surface area contributed by atoms with Crippen LogP contribution in [0.5, 0.6) is 5.75 Å². The van der Waals surface area contributed by atoms with Gasteiger partial charge in [0, 0.05) is 32.7 Å². The average molecular weight is 348 g/mol. The number of nitrogens with two attached hydrogens (primary N) is 1. The van der Waals surface area contributed by atoms with E-state index in [9.17, 15) is 4.79 Å². The third kappa shape index (κ3) is 5.61. The molecule has 6 heteroatoms. The predicted octanol–water partition coefficient (Wildman–Crippen LogP) is 1.40. The fraction of sp³-hybridized carbons (Fsp3) is 0.632. The highest BCUT2D eigenvalue weighted by atomic mass is 16.5. The Hall–Kier alpha value is -1.79. The first-order chi connectivity index (χ1) is 12.0. The molecular weight excluding hydrogens is 316 g/mol. The Morgan fingerprint density at radius 2 is 1.92 bits per heavy atom. The van der Waals surface area contributed by atoms with Crippen LogP contribution < -0.4 is 15.4 Å². The van der Waals surface area contributed by atoms with Gasteiger partial charge in [-0.05, 0) is 32.6 Å². The van der Waals surface area contributed by atoms with Gasteiger partial charge in [0.1, 0.15) is 12.4 Å². The molecule has 1 aliphatic rings. The van der Waals surface area contributed by atoms with E-state index < -0.39 is 0 Å². The van der Waals surface area contributed by atoms with Crippen molar-refractivity contribution in [2.24, 2.45) is 5.73 Å². The number of piperazine rings is 1. The van der Waals surface area contributed by atoms with Gasteiger partial charge in [-0.3, -0.25) is 4.79 Å². The van der Waals surface area contributed by atoms with Crippen molar-refractivity contribution in [1.82, 2.24) is 9.80 Å². The van der Waals surface area contributed by atoms with Gasteiger partial charge in [-0.15, -0.1) is 0 Å². The average Bonchev–Trinajstić information content (AvgIpc) is 2.61. The van der Waals surface area contributed by atoms with Gasteiger partial charge in [0.15, 0.2) is 0 Å². The van der Waals surface area contributed by atoms with E-state index in [1.54, 1.807) is 0 Å². The summed E-state index contributed by atoms with van der Waals surface area (Å²) in [4.78, 5) is 18.6. The molecular formula is C19H32N4O2. The van der Waals surface area contributed by atoms with Crippen molar-refractivity contribution in [3.05, 3.63) is 24.3 Å². The standard InChI is InChI=1S/C19H32N4O2/c1-4-7-16(20)19(24)23-12-10-22(11-13-23)17-8-5-6-9-18(17)25-15-14-21(2)3/h5-6,8-9,16H,4,7,10-15,20H2,1-3H3. The zero-order chi connectivity index (χ0) is 18.2. The fourth-order valence-electron chi connectivity index (χ4n) is 3.02. The molecule has 140 valence electrons. The van der Waals surface area contributed by atoms with Crippen molar-refractivity contribution in [2.75, 3.05) is 58.3 Å². The van der Waals surface area contributed by atoms with E-state index in [2.05, 4.69) is 22.8 Å². The number of carbonyl (C=O) groups is 1. The summed E-state index contributed by atoms with van der Waals surface area (Å²) in [5, 5.41) is 0. The number of nitrogens with zero attached hydrogens (tertiary/aromatic N) is 3. The predicted molar refractivity (Wildman–Crippen MR) is 102 cm³/mol. The Morgan fingerprint density at radius 3 is 2.56 bits per heavy atom. The molecule has 2 rings (SSSR count). The van der Waals surface area contributed by atoms with Crippen molar-refractivity contribution in [1.29, 1.82) is 0 Å². The molecule has 2 N–H and O–H groups in total. The molecule has 6 nitrogen and oxygen atoms in total. The zero-order valence-electron chi connectivity index (χ0n) is 15.8. The summed E-state index contributed by atoms with van der Waals surface area (Å²) < 4.78 is 5.96. The Labute approximate surface area is 151 Å². The largest absolute Gasteiger partial charge is 0.490 e. The van der Waals surface area contributed by atoms with Crippen molar-refractivity contribution in [2.45, 2.75) is 25.8 Å². The fourth-order valence-corrected chi connectivity index (χ4v) is 3.02. The third-order valence-electron chi connectivity index (χ3n) is 4.51. The second kappa shape index (κ2) is 9.63. The van der Waals surface area contributed by atoms with Crippen molar-refractivity contribution in [3.8, 4) is 5.75 Å². The summed E-state index contributed by atoms with van der Waals surface area (Å²) in [5.74, 6) is 0.990. The van der Waals surface area contributed by atoms with Gasteiger partial charge < -0.3 is 25.2 Å². The van der Waals surface area contributed by atoms with E-state index in [-0.39, 0.29) is 11.9 Å². The zero-order valence-corrected chi connectivity index (χ0v) is 15.8. The lowest BCUT2D eigenvalue weighted by Gasteiger charge is -2.37. The lowest BCUT2D eigenvalue weighted by molar-refractivity contribution is -0.133. The van der Waals surface area contributed by atoms with Crippen LogP contribution in [0.15, 0.2) is 24.3 Å². The summed E-state index contributed by atoms with van der Waals surface area (Å²) in [6, 6.07) is 7.77. The number of carbonyl (C=O) groups excluding carboxylic acids is 1. The van der Waals surface area contributed by atoms with Gasteiger partial charge in [-0.1, -0.05) is 25.5 Å². The molecule has 1 atom stereocenters. The molecule has 1 heterocycles. The van der Waals surface area contributed by atoms with Crippen LogP contribution in [0.1, 0.15) is 19.8 Å². The maximum absolute atomic E-state index is 12.4. The number of hydrogen-bond donors (Lipinski definition) is 1. The Balaban J connectivity index is 1.93. The van der Waals surface area contributed by atoms with E-state index in [0.717, 1.165) is 43.9 Å². The number of ether oxygens (including phenoxy) is 1. The molecule has 0 spiro atoms. The highest BCUT2D eigenvalue weighted by molar-refractivity contribution is 5.82. The van der Waals surface area contributed by atoms with Crippen LogP contribution in [0.2, 0.25) is 0 Å². The van der Waals surface area contributed by atoms with Gasteiger partial charge in [-0.2, -0.15) is 0 Å². The van der Waals surface area contributed by atoms with Gasteiger partial charge in [0.25, 0.3) is 0 Å². The molecule has 1 saturated heterocycles. The minimum atomic E-state index is -0.363. The second-order valence-electron chi connectivity index (χ2n) is 6.83. The van der Waals surface area contributed by atoms with Gasteiger partial charge >= 0.3 is 0 Å². The van der Waals surface area contributed by atoms with E-state index in [0.29, 0.717) is 19.7 Å². The molecule has 1 amide bonds. The summed E-state index contributed by atoms with van der Waals surface area (Å²) in [6.07, 6.45) is 1.69. The van der Waals surface area contributed by atoms with Crippen LogP contribution >= 0.6 is 0 Å². The molecule has 1 aromatic rings. The smallest absolute Gasteiger partial charge is 0.239 e. The van der Waals surface area contributed by atoms with Crippen molar-refractivity contribution >= 4 is 11.6 Å². The van der Waals surface area contributed by atoms with Crippen LogP contribution in [0.3, 0.4) is 0 Å². The first-order valence-electron chi connectivity index (χ1n) is 9.18. The van der Waals surface area contributed by atoms with E-state index >= 15 is 0 Å². The van der Waals surface area contributed by atoms with E-state index in [4.69, 9.17) is 10.5 Å². The maximum atomic E-state index is 12.4. The van der Waals surface area contributed by atoms with E-state index in [1.165, 1.54) is 0 Å². The Morgan fingerprint density at radius 1 is 1.24 bits per heavy atom. The lowest BCUT2D eigenvalue weighted by atomic mass is 10.1. The minimum Gasteiger partial charge on any atom is -0.490 e. The molecule has 0 aliphatic carbocycles. The monoisotopic (exact) mass is 348 g/mol. The topological polar surface area (TPSA) is 62.0 Å². The molecule has 0 bridgehead atoms. The SMILES string of the molecule is CCCC(N)C(=O)N1CCN(c2ccccc2OCCN(C)C)CC1. The molecule has 1 fully saturated rings. The van der Waals surface area contributed by atoms with Crippen LogP contribution in [0.4, 0.5) is 5.69 Å². The lowest BCUT2D eigenvalue weighted by Crippen LogP contribution is -2.53. The maximum Gasteiger partial charge on any atom is 0.239 e. The summed E-state index contributed by atoms with van der Waals surface area (Å²) in [7, 11) is 4.07. The number of anilines is 1. The number of likely N-dealkylation sites (N-methyl/N-ethyl adjacent to an activating group) is 1. The second-order valence-corrected chi connectivity index (χ2v) is 6.83. The number of benzene rings is 1. The van der Waals surface area contributed by atoms with Gasteiger partial charge in [0.2, 0.25) is 5.91 Å². The molecule has 0 aromatic heterocycles. The summed E-state index contributed by atoms with van der Waals surface area (Å²) in [5.41, 5.74) is 7.08. The molecule has 1 aliphatic heterocycles. The molecule has 0 saturated carbocycles. The minimum absolute atomic E-state index is 0.0806. The third-order valence-corrected chi connectivity index (χ3v) is 4.51. The molecule has 1 unspecified atom stereocenters. The van der Waals surface area contributed by atoms with Crippen LogP contribution in [0.25, 0.3) is 0 Å². The normalized spacial score (nSPS) is 16.2. The van der Waals surface area contributed by atoms with Gasteiger partial charge in [-0.25, -0.2) is 0 Å². The van der Waals surface area contributed by atoms with Crippen LogP contribution in [-0.4, -0.2) is 75.2 Å². The molecule has 1 aromatic carbocycles. The van der Waals surface area contributed by atoms with Crippen molar-refractivity contribution in [3.63, 3.8) is 0 Å². The quantitative estimate of drug-likeness (QED) is 0.769. The number of rotatable bonds is 8. The molecule has 25 heavy (non-hydrogen) atoms. The van der Waals surface area contributed by atoms with Gasteiger partial charge in [0.05, 0.1) is 11.7 Å². The highest BCUT2D eigenvalue weighted by Crippen LogP contribution is 2.28. The van der Waals surface area contributed by atoms with Crippen molar-refractivity contribution < 1.29 is 9.53 Å². The highest BCUT2D eigenvalue weighted by Gasteiger charge is 2.25. The molecule has 0 radical (unpaired) electrons. The Bertz CT molecular complexity index is 542. The number of hydrogen-bond acceptors (Lipinski definition) is 5. The number of amides is 1. The van der Waals surface area contributed by atoms with Crippen LogP contribution in [0, 0.1) is 0 Å². The van der Waals surface area contributed by atoms with Crippen LogP contribution in [-0.2, 0) is 4.79 Å².